The number of phenolic OH excluding ortho intramolecular Hbond substituents is 2. The van der Waals surface area contributed by atoms with E-state index in [0.717, 1.165) is 31.7 Å². The molecule has 1 fully saturated rings. The molecule has 3 atom stereocenters. The Balaban J connectivity index is 1.27. The van der Waals surface area contributed by atoms with E-state index in [2.05, 4.69) is 41.3 Å². The van der Waals surface area contributed by atoms with Crippen LogP contribution >= 0.6 is 0 Å². The van der Waals surface area contributed by atoms with Gasteiger partial charge < -0.3 is 14.9 Å². The average Bonchev–Trinajstić information content (AvgIpc) is 3.18. The highest BCUT2D eigenvalue weighted by molar-refractivity contribution is 5.56. The molecule has 1 aliphatic heterocycles. The molecule has 34 heavy (non-hydrogen) atoms. The third-order valence-electron chi connectivity index (χ3n) is 8.17. The number of phenols is 2. The van der Waals surface area contributed by atoms with Crippen LogP contribution in [0.5, 0.6) is 17.2 Å². The van der Waals surface area contributed by atoms with Gasteiger partial charge in [0.25, 0.3) is 0 Å². The zero-order chi connectivity index (χ0) is 23.1. The van der Waals surface area contributed by atoms with Gasteiger partial charge in [0.1, 0.15) is 23.9 Å². The average molecular weight is 456 g/mol. The van der Waals surface area contributed by atoms with Crippen molar-refractivity contribution in [3.63, 3.8) is 0 Å². The number of piperidine rings is 1. The fourth-order valence-electron chi connectivity index (χ4n) is 6.60. The summed E-state index contributed by atoms with van der Waals surface area (Å²) in [6.45, 7) is 4.10. The van der Waals surface area contributed by atoms with Crippen molar-refractivity contribution in [3.05, 3.63) is 88.5 Å². The van der Waals surface area contributed by atoms with E-state index in [4.69, 9.17) is 4.74 Å². The van der Waals surface area contributed by atoms with Crippen molar-refractivity contribution in [3.8, 4) is 17.2 Å². The summed E-state index contributed by atoms with van der Waals surface area (Å²) in [4.78, 5) is 2.50. The Morgan fingerprint density at radius 1 is 0.794 bits per heavy atom. The first-order valence-electron chi connectivity index (χ1n) is 12.8. The number of benzene rings is 3. The molecule has 3 aromatic carbocycles. The number of rotatable bonds is 5. The molecule has 1 heterocycles. The molecule has 0 amide bonds. The number of fused-ring (bicyclic) bond motifs is 5. The topological polar surface area (TPSA) is 52.9 Å². The van der Waals surface area contributed by atoms with Crippen LogP contribution in [0.15, 0.2) is 60.7 Å². The van der Waals surface area contributed by atoms with Crippen LogP contribution in [0.2, 0.25) is 0 Å². The van der Waals surface area contributed by atoms with Gasteiger partial charge >= 0.3 is 0 Å². The molecular weight excluding hydrogens is 422 g/mol. The predicted octanol–water partition coefficient (Wildman–Crippen LogP) is 5.92. The second-order valence-electron chi connectivity index (χ2n) is 10.2. The van der Waals surface area contributed by atoms with Gasteiger partial charge in [-0.3, -0.25) is 4.90 Å². The van der Waals surface area contributed by atoms with Crippen molar-refractivity contribution >= 4 is 0 Å². The molecule has 6 rings (SSSR count). The van der Waals surface area contributed by atoms with Gasteiger partial charge in [-0.25, -0.2) is 0 Å². The summed E-state index contributed by atoms with van der Waals surface area (Å²) in [6.07, 6.45) is 6.00. The standard InChI is InChI=1S/C30H33NO3/c32-22-7-12-25-21(18-22)6-11-27-26-13-8-23(33)19-28(26)29(30(25)27)20-4-9-24(10-5-20)34-17-16-31-14-2-1-3-15-31/h4-5,7-10,12-13,18-19,27,29-30,32-33H,1-3,6,11,14-17H2/t27-,29+,30-/m1/s1. The highest BCUT2D eigenvalue weighted by atomic mass is 16.5. The lowest BCUT2D eigenvalue weighted by Crippen LogP contribution is -2.33. The van der Waals surface area contributed by atoms with Crippen molar-refractivity contribution in [2.45, 2.75) is 49.9 Å². The summed E-state index contributed by atoms with van der Waals surface area (Å²) in [6, 6.07) is 20.4. The van der Waals surface area contributed by atoms with Gasteiger partial charge in [0.2, 0.25) is 0 Å². The minimum Gasteiger partial charge on any atom is -0.508 e. The molecule has 0 spiro atoms. The smallest absolute Gasteiger partial charge is 0.119 e. The number of aromatic hydroxyl groups is 2. The molecule has 176 valence electrons. The number of likely N-dealkylation sites (tertiary alicyclic amines) is 1. The molecule has 0 saturated carbocycles. The molecule has 0 unspecified atom stereocenters. The highest BCUT2D eigenvalue weighted by Crippen LogP contribution is 2.59. The van der Waals surface area contributed by atoms with Crippen LogP contribution in [0, 0.1) is 0 Å². The normalized spacial score (nSPS) is 23.7. The van der Waals surface area contributed by atoms with Crippen LogP contribution in [-0.4, -0.2) is 41.4 Å². The number of nitrogens with zero attached hydrogens (tertiary/aromatic N) is 1. The Morgan fingerprint density at radius 2 is 1.53 bits per heavy atom. The van der Waals surface area contributed by atoms with Crippen LogP contribution in [0.1, 0.15) is 71.3 Å². The minimum absolute atomic E-state index is 0.179. The number of hydrogen-bond donors (Lipinski definition) is 2. The van der Waals surface area contributed by atoms with E-state index in [1.165, 1.54) is 60.2 Å². The van der Waals surface area contributed by atoms with E-state index in [1.54, 1.807) is 0 Å². The van der Waals surface area contributed by atoms with Crippen molar-refractivity contribution in [1.82, 2.24) is 4.90 Å². The lowest BCUT2D eigenvalue weighted by Gasteiger charge is -2.33. The third kappa shape index (κ3) is 3.94. The van der Waals surface area contributed by atoms with Crippen LogP contribution in [-0.2, 0) is 6.42 Å². The van der Waals surface area contributed by atoms with Gasteiger partial charge in [0.15, 0.2) is 0 Å². The maximum absolute atomic E-state index is 10.3. The summed E-state index contributed by atoms with van der Waals surface area (Å²) in [5, 5.41) is 20.4. The first-order valence-corrected chi connectivity index (χ1v) is 12.8. The molecule has 1 saturated heterocycles. The quantitative estimate of drug-likeness (QED) is 0.501. The molecule has 3 aliphatic rings. The number of hydrogen-bond acceptors (Lipinski definition) is 4. The van der Waals surface area contributed by atoms with Gasteiger partial charge in [-0.05, 0) is 109 Å². The molecule has 0 radical (unpaired) electrons. The minimum atomic E-state index is 0.179. The lowest BCUT2D eigenvalue weighted by atomic mass is 9.71. The Bertz CT molecular complexity index is 1170. The Hall–Kier alpha value is -2.98. The Morgan fingerprint density at radius 3 is 2.32 bits per heavy atom. The van der Waals surface area contributed by atoms with E-state index >= 15 is 0 Å². The van der Waals surface area contributed by atoms with E-state index in [1.807, 2.05) is 24.3 Å². The second-order valence-corrected chi connectivity index (χ2v) is 10.2. The first kappa shape index (κ1) is 21.5. The van der Waals surface area contributed by atoms with E-state index in [9.17, 15) is 10.2 Å². The third-order valence-corrected chi connectivity index (χ3v) is 8.17. The SMILES string of the molecule is Oc1ccc2c(c1)CC[C@@H]1c3ccc(O)cc3[C@H](c3ccc(OCCN4CCCCC4)cc3)[C@H]21. The Kier molecular flexibility index (Phi) is 5.70. The maximum atomic E-state index is 10.3. The molecule has 0 aromatic heterocycles. The van der Waals surface area contributed by atoms with Crippen LogP contribution in [0.3, 0.4) is 0 Å². The van der Waals surface area contributed by atoms with Gasteiger partial charge in [-0.2, -0.15) is 0 Å². The summed E-state index contributed by atoms with van der Waals surface area (Å²) in [5.41, 5.74) is 6.42. The van der Waals surface area contributed by atoms with E-state index < -0.39 is 0 Å². The van der Waals surface area contributed by atoms with Gasteiger partial charge in [-0.1, -0.05) is 30.7 Å². The fourth-order valence-corrected chi connectivity index (χ4v) is 6.60. The largest absolute Gasteiger partial charge is 0.508 e. The first-order chi connectivity index (χ1) is 16.7. The summed E-state index contributed by atoms with van der Waals surface area (Å²) >= 11 is 0. The highest BCUT2D eigenvalue weighted by Gasteiger charge is 2.44. The van der Waals surface area contributed by atoms with Gasteiger partial charge in [-0.15, -0.1) is 0 Å². The molecule has 4 nitrogen and oxygen atoms in total. The molecule has 2 N–H and O–H groups in total. The van der Waals surface area contributed by atoms with Crippen LogP contribution in [0.4, 0.5) is 0 Å². The van der Waals surface area contributed by atoms with Crippen LogP contribution < -0.4 is 4.74 Å². The lowest BCUT2D eigenvalue weighted by molar-refractivity contribution is 0.183. The summed E-state index contributed by atoms with van der Waals surface area (Å²) in [5.74, 6) is 2.50. The molecule has 3 aromatic rings. The molecular formula is C30H33NO3. The molecule has 4 heteroatoms. The monoisotopic (exact) mass is 455 g/mol. The van der Waals surface area contributed by atoms with Crippen molar-refractivity contribution in [1.29, 1.82) is 0 Å². The van der Waals surface area contributed by atoms with E-state index in [-0.39, 0.29) is 5.92 Å². The predicted molar refractivity (Wildman–Crippen MR) is 134 cm³/mol. The second kappa shape index (κ2) is 8.99. The zero-order valence-corrected chi connectivity index (χ0v) is 19.6. The fraction of sp³-hybridized carbons (Fsp3) is 0.400. The van der Waals surface area contributed by atoms with Crippen molar-refractivity contribution in [2.24, 2.45) is 0 Å². The Labute approximate surface area is 201 Å². The maximum Gasteiger partial charge on any atom is 0.119 e. The number of ether oxygens (including phenoxy) is 1. The summed E-state index contributed by atoms with van der Waals surface area (Å²) in [7, 11) is 0. The summed E-state index contributed by atoms with van der Waals surface area (Å²) < 4.78 is 6.08. The van der Waals surface area contributed by atoms with Crippen molar-refractivity contribution in [2.75, 3.05) is 26.2 Å². The van der Waals surface area contributed by atoms with Gasteiger partial charge in [0.05, 0.1) is 0 Å². The van der Waals surface area contributed by atoms with E-state index in [0.29, 0.717) is 23.3 Å². The molecule has 0 bridgehead atoms. The van der Waals surface area contributed by atoms with Crippen molar-refractivity contribution < 1.29 is 14.9 Å². The molecule has 2 aliphatic carbocycles. The van der Waals surface area contributed by atoms with Gasteiger partial charge in [0, 0.05) is 18.4 Å². The number of aryl methyl sites for hydroxylation is 1. The zero-order valence-electron chi connectivity index (χ0n) is 19.6. The van der Waals surface area contributed by atoms with Crippen LogP contribution in [0.25, 0.3) is 0 Å².